The van der Waals surface area contributed by atoms with Crippen LogP contribution in [-0.4, -0.2) is 42.2 Å². The molecule has 0 aromatic heterocycles. The number of nitrogens with zero attached hydrogens (tertiary/aromatic N) is 2. The highest BCUT2D eigenvalue weighted by Gasteiger charge is 2.18. The minimum Gasteiger partial charge on any atom is -0.409 e. The van der Waals surface area contributed by atoms with E-state index in [1.54, 1.807) is 0 Å². The average molecular weight is 263 g/mol. The predicted octanol–water partition coefficient (Wildman–Crippen LogP) is 1.39. The fourth-order valence-corrected chi connectivity index (χ4v) is 2.45. The number of likely N-dealkylation sites (N-methyl/N-ethyl adjacent to an activating group) is 1. The van der Waals surface area contributed by atoms with Gasteiger partial charge in [-0.1, -0.05) is 29.4 Å². The van der Waals surface area contributed by atoms with Gasteiger partial charge in [-0.3, -0.25) is 4.90 Å². The minimum absolute atomic E-state index is 0.154. The van der Waals surface area contributed by atoms with Crippen LogP contribution in [0.1, 0.15) is 24.0 Å². The Hall–Kier alpha value is -1.59. The van der Waals surface area contributed by atoms with Crippen LogP contribution in [0, 0.1) is 0 Å². The molecule has 5 nitrogen and oxygen atoms in total. The summed E-state index contributed by atoms with van der Waals surface area (Å²) in [5, 5.41) is 11.9. The third-order valence-electron chi connectivity index (χ3n) is 3.38. The molecular formula is C14H21N3O2. The number of nitrogens with two attached hydrogens (primary N) is 1. The quantitative estimate of drug-likeness (QED) is 0.364. The summed E-state index contributed by atoms with van der Waals surface area (Å²) in [6.45, 7) is 2.54. The third kappa shape index (κ3) is 3.68. The summed E-state index contributed by atoms with van der Waals surface area (Å²) in [6.07, 6.45) is 2.62. The summed E-state index contributed by atoms with van der Waals surface area (Å²) in [6, 6.07) is 7.71. The molecular weight excluding hydrogens is 242 g/mol. The Labute approximate surface area is 113 Å². The van der Waals surface area contributed by atoms with E-state index in [4.69, 9.17) is 15.7 Å². The van der Waals surface area contributed by atoms with Gasteiger partial charge in [0.2, 0.25) is 0 Å². The number of hydrogen-bond donors (Lipinski definition) is 2. The van der Waals surface area contributed by atoms with Crippen molar-refractivity contribution in [2.24, 2.45) is 10.9 Å². The molecule has 5 heteroatoms. The monoisotopic (exact) mass is 263 g/mol. The van der Waals surface area contributed by atoms with Gasteiger partial charge >= 0.3 is 0 Å². The summed E-state index contributed by atoms with van der Waals surface area (Å²) >= 11 is 0. The summed E-state index contributed by atoms with van der Waals surface area (Å²) in [5.41, 5.74) is 7.53. The highest BCUT2D eigenvalue weighted by atomic mass is 16.5. The number of hydrogen-bond acceptors (Lipinski definition) is 4. The smallest absolute Gasteiger partial charge is 0.170 e. The van der Waals surface area contributed by atoms with Crippen molar-refractivity contribution < 1.29 is 9.94 Å². The maximum Gasteiger partial charge on any atom is 0.170 e. The lowest BCUT2D eigenvalue weighted by molar-refractivity contribution is 0.0793. The maximum atomic E-state index is 8.81. The molecule has 104 valence electrons. The minimum atomic E-state index is 0.154. The lowest BCUT2D eigenvalue weighted by Gasteiger charge is -2.21. The van der Waals surface area contributed by atoms with E-state index in [1.807, 2.05) is 24.3 Å². The van der Waals surface area contributed by atoms with E-state index in [0.29, 0.717) is 6.10 Å². The van der Waals surface area contributed by atoms with Gasteiger partial charge in [-0.25, -0.2) is 0 Å². The van der Waals surface area contributed by atoms with Crippen molar-refractivity contribution in [3.05, 3.63) is 35.4 Å². The molecule has 1 aromatic rings. The Morgan fingerprint density at radius 2 is 2.32 bits per heavy atom. The van der Waals surface area contributed by atoms with E-state index in [0.717, 1.165) is 43.7 Å². The van der Waals surface area contributed by atoms with Gasteiger partial charge in [0.25, 0.3) is 0 Å². The second-order valence-corrected chi connectivity index (χ2v) is 4.97. The molecule has 1 heterocycles. The fraction of sp³-hybridized carbons (Fsp3) is 0.500. The van der Waals surface area contributed by atoms with Crippen molar-refractivity contribution in [1.82, 2.24) is 4.90 Å². The number of ether oxygens (including phenoxy) is 1. The van der Waals surface area contributed by atoms with E-state index in [-0.39, 0.29) is 5.84 Å². The molecule has 1 atom stereocenters. The first-order chi connectivity index (χ1) is 9.20. The molecule has 1 aromatic carbocycles. The zero-order valence-corrected chi connectivity index (χ0v) is 11.2. The molecule has 1 unspecified atom stereocenters. The van der Waals surface area contributed by atoms with Gasteiger partial charge in [0.15, 0.2) is 5.84 Å². The van der Waals surface area contributed by atoms with Crippen molar-refractivity contribution in [3.63, 3.8) is 0 Å². The maximum absolute atomic E-state index is 8.81. The molecule has 1 saturated heterocycles. The van der Waals surface area contributed by atoms with E-state index in [1.165, 1.54) is 0 Å². The van der Waals surface area contributed by atoms with Crippen LogP contribution >= 0.6 is 0 Å². The Kier molecular flexibility index (Phi) is 4.76. The Bertz CT molecular complexity index is 442. The summed E-state index contributed by atoms with van der Waals surface area (Å²) in [4.78, 5) is 2.21. The first-order valence-corrected chi connectivity index (χ1v) is 6.56. The third-order valence-corrected chi connectivity index (χ3v) is 3.38. The summed E-state index contributed by atoms with van der Waals surface area (Å²) in [7, 11) is 2.06. The van der Waals surface area contributed by atoms with Crippen molar-refractivity contribution >= 4 is 5.84 Å². The predicted molar refractivity (Wildman–Crippen MR) is 74.3 cm³/mol. The van der Waals surface area contributed by atoms with Crippen LogP contribution in [0.15, 0.2) is 29.4 Å². The van der Waals surface area contributed by atoms with Gasteiger partial charge in [-0.2, -0.15) is 0 Å². The highest BCUT2D eigenvalue weighted by Crippen LogP contribution is 2.15. The molecule has 1 fully saturated rings. The number of rotatable bonds is 5. The number of oxime groups is 1. The van der Waals surface area contributed by atoms with E-state index >= 15 is 0 Å². The first-order valence-electron chi connectivity index (χ1n) is 6.56. The van der Waals surface area contributed by atoms with Gasteiger partial charge in [-0.05, 0) is 25.5 Å². The lowest BCUT2D eigenvalue weighted by atomic mass is 10.1. The van der Waals surface area contributed by atoms with Crippen LogP contribution in [0.2, 0.25) is 0 Å². The van der Waals surface area contributed by atoms with Crippen molar-refractivity contribution in [3.8, 4) is 0 Å². The van der Waals surface area contributed by atoms with Crippen LogP contribution in [0.5, 0.6) is 0 Å². The molecule has 0 aliphatic carbocycles. The van der Waals surface area contributed by atoms with E-state index in [2.05, 4.69) is 17.1 Å². The van der Waals surface area contributed by atoms with Crippen LogP contribution in [0.3, 0.4) is 0 Å². The molecule has 0 radical (unpaired) electrons. The molecule has 0 saturated carbocycles. The Morgan fingerprint density at radius 1 is 1.53 bits per heavy atom. The van der Waals surface area contributed by atoms with Gasteiger partial charge in [0.05, 0.1) is 6.10 Å². The molecule has 1 aliphatic rings. The Morgan fingerprint density at radius 3 is 3.00 bits per heavy atom. The normalized spacial score (nSPS) is 20.1. The largest absolute Gasteiger partial charge is 0.409 e. The fourth-order valence-electron chi connectivity index (χ4n) is 2.45. The highest BCUT2D eigenvalue weighted by molar-refractivity contribution is 5.98. The molecule has 0 amide bonds. The van der Waals surface area contributed by atoms with Crippen LogP contribution in [0.4, 0.5) is 0 Å². The second-order valence-electron chi connectivity index (χ2n) is 4.97. The SMILES string of the molecule is CN(Cc1ccccc1C(N)=NO)CC1CCCO1. The van der Waals surface area contributed by atoms with E-state index in [9.17, 15) is 0 Å². The molecule has 1 aliphatic heterocycles. The molecule has 2 rings (SSSR count). The zero-order valence-electron chi connectivity index (χ0n) is 11.2. The molecule has 19 heavy (non-hydrogen) atoms. The lowest BCUT2D eigenvalue weighted by Crippen LogP contribution is -2.29. The standard InChI is InChI=1S/C14H21N3O2/c1-17(10-12-6-4-8-19-12)9-11-5-2-3-7-13(11)14(15)16-18/h2-3,5,7,12,18H,4,6,8-10H2,1H3,(H2,15,16). The molecule has 3 N–H and O–H groups in total. The van der Waals surface area contributed by atoms with Crippen molar-refractivity contribution in [1.29, 1.82) is 0 Å². The second kappa shape index (κ2) is 6.54. The molecule has 0 bridgehead atoms. The van der Waals surface area contributed by atoms with Crippen LogP contribution < -0.4 is 5.73 Å². The summed E-state index contributed by atoms with van der Waals surface area (Å²) < 4.78 is 5.63. The average Bonchev–Trinajstić information content (AvgIpc) is 2.91. The molecule has 0 spiro atoms. The van der Waals surface area contributed by atoms with Gasteiger partial charge in [0.1, 0.15) is 0 Å². The van der Waals surface area contributed by atoms with Crippen LogP contribution in [0.25, 0.3) is 0 Å². The topological polar surface area (TPSA) is 71.1 Å². The van der Waals surface area contributed by atoms with E-state index < -0.39 is 0 Å². The first kappa shape index (κ1) is 13.8. The zero-order chi connectivity index (χ0) is 13.7. The number of benzene rings is 1. The van der Waals surface area contributed by atoms with Crippen molar-refractivity contribution in [2.75, 3.05) is 20.2 Å². The van der Waals surface area contributed by atoms with Crippen molar-refractivity contribution in [2.45, 2.75) is 25.5 Å². The van der Waals surface area contributed by atoms with Gasteiger partial charge in [-0.15, -0.1) is 0 Å². The Balaban J connectivity index is 2.01. The van der Waals surface area contributed by atoms with Gasteiger partial charge < -0.3 is 15.7 Å². The number of amidine groups is 1. The van der Waals surface area contributed by atoms with Gasteiger partial charge in [0, 0.05) is 25.3 Å². The van der Waals surface area contributed by atoms with Crippen LogP contribution in [-0.2, 0) is 11.3 Å². The summed E-state index contributed by atoms with van der Waals surface area (Å²) in [5.74, 6) is 0.154.